The number of hydrogen-bond acceptors (Lipinski definition) is 3. The molecule has 2 aromatic carbocycles. The summed E-state index contributed by atoms with van der Waals surface area (Å²) in [6, 6.07) is 11.8. The number of rotatable bonds is 6. The highest BCUT2D eigenvalue weighted by Gasteiger charge is 2.21. The minimum Gasteiger partial charge on any atom is -0.483 e. The van der Waals surface area contributed by atoms with Gasteiger partial charge < -0.3 is 15.2 Å². The van der Waals surface area contributed by atoms with Crippen molar-refractivity contribution >= 4 is 11.6 Å². The summed E-state index contributed by atoms with van der Waals surface area (Å²) in [5, 5.41) is 13.2. The van der Waals surface area contributed by atoms with Gasteiger partial charge in [-0.25, -0.2) is 0 Å². The molecule has 1 aliphatic carbocycles. The van der Waals surface area contributed by atoms with Crippen molar-refractivity contribution in [3.63, 3.8) is 0 Å². The topological polar surface area (TPSA) is 58.6 Å². The summed E-state index contributed by atoms with van der Waals surface area (Å²) in [4.78, 5) is 12.5. The summed E-state index contributed by atoms with van der Waals surface area (Å²) in [7, 11) is 0. The molecule has 0 unspecified atom stereocenters. The molecule has 0 saturated carbocycles. The summed E-state index contributed by atoms with van der Waals surface area (Å²) in [5.74, 6) is 0.547. The smallest absolute Gasteiger partial charge is 0.262 e. The van der Waals surface area contributed by atoms with Crippen LogP contribution in [0.1, 0.15) is 55.0 Å². The highest BCUT2D eigenvalue weighted by Crippen LogP contribution is 2.35. The second-order valence-electron chi connectivity index (χ2n) is 6.73. The lowest BCUT2D eigenvalue weighted by Gasteiger charge is -2.23. The number of anilines is 1. The molecule has 0 fully saturated rings. The Balaban J connectivity index is 1.70. The van der Waals surface area contributed by atoms with Gasteiger partial charge in [-0.05, 0) is 60.4 Å². The normalized spacial score (nSPS) is 16.0. The Morgan fingerprint density at radius 3 is 2.54 bits per heavy atom. The van der Waals surface area contributed by atoms with Crippen LogP contribution < -0.4 is 10.1 Å². The maximum atomic E-state index is 12.5. The molecule has 3 rings (SSSR count). The van der Waals surface area contributed by atoms with Crippen LogP contribution in [0.2, 0.25) is 0 Å². The monoisotopic (exact) mass is 353 g/mol. The summed E-state index contributed by atoms with van der Waals surface area (Å²) in [5.41, 5.74) is 5.15. The van der Waals surface area contributed by atoms with Crippen molar-refractivity contribution < 1.29 is 14.6 Å². The van der Waals surface area contributed by atoms with E-state index in [1.807, 2.05) is 36.4 Å². The van der Waals surface area contributed by atoms with Gasteiger partial charge in [0.2, 0.25) is 0 Å². The van der Waals surface area contributed by atoms with E-state index in [0.717, 1.165) is 60.0 Å². The fourth-order valence-corrected chi connectivity index (χ4v) is 3.65. The molecule has 0 heterocycles. The molecular weight excluding hydrogens is 326 g/mol. The van der Waals surface area contributed by atoms with Crippen LogP contribution in [-0.2, 0) is 24.1 Å². The lowest BCUT2D eigenvalue weighted by molar-refractivity contribution is -0.118. The van der Waals surface area contributed by atoms with Crippen molar-refractivity contribution in [1.29, 1.82) is 0 Å². The first-order valence-electron chi connectivity index (χ1n) is 9.47. The lowest BCUT2D eigenvalue weighted by Crippen LogP contribution is -2.22. The Morgan fingerprint density at radius 2 is 1.85 bits per heavy atom. The van der Waals surface area contributed by atoms with Crippen molar-refractivity contribution in [2.24, 2.45) is 0 Å². The number of aliphatic hydroxyl groups is 1. The van der Waals surface area contributed by atoms with E-state index in [0.29, 0.717) is 5.75 Å². The zero-order chi connectivity index (χ0) is 18.5. The summed E-state index contributed by atoms with van der Waals surface area (Å²) in [6.07, 6.45) is 3.90. The van der Waals surface area contributed by atoms with Gasteiger partial charge in [0.1, 0.15) is 5.75 Å². The van der Waals surface area contributed by atoms with Crippen LogP contribution >= 0.6 is 0 Å². The zero-order valence-electron chi connectivity index (χ0n) is 15.5. The number of benzene rings is 2. The fourth-order valence-electron chi connectivity index (χ4n) is 3.65. The molecule has 0 spiro atoms. The Labute approximate surface area is 155 Å². The number of fused-ring (bicyclic) bond motifs is 1. The number of amides is 1. The van der Waals surface area contributed by atoms with Gasteiger partial charge >= 0.3 is 0 Å². The number of aliphatic hydroxyl groups excluding tert-OH is 1. The molecular formula is C22H27NO3. The van der Waals surface area contributed by atoms with Crippen molar-refractivity contribution in [2.45, 2.75) is 52.1 Å². The van der Waals surface area contributed by atoms with Gasteiger partial charge in [-0.15, -0.1) is 0 Å². The number of aryl methyl sites for hydroxylation is 2. The Hall–Kier alpha value is -2.33. The van der Waals surface area contributed by atoms with Crippen LogP contribution in [0.4, 0.5) is 5.69 Å². The number of para-hydroxylation sites is 1. The third-order valence-electron chi connectivity index (χ3n) is 5.05. The fraction of sp³-hybridized carbons (Fsp3) is 0.409. The van der Waals surface area contributed by atoms with Crippen LogP contribution in [0.3, 0.4) is 0 Å². The summed E-state index contributed by atoms with van der Waals surface area (Å²) >= 11 is 0. The van der Waals surface area contributed by atoms with E-state index in [1.165, 1.54) is 0 Å². The minimum atomic E-state index is -0.431. The maximum absolute atomic E-state index is 12.5. The molecule has 0 aliphatic heterocycles. The molecule has 1 atom stereocenters. The second-order valence-corrected chi connectivity index (χ2v) is 6.73. The number of ether oxygens (including phenoxy) is 1. The van der Waals surface area contributed by atoms with Crippen molar-refractivity contribution in [1.82, 2.24) is 0 Å². The van der Waals surface area contributed by atoms with Crippen molar-refractivity contribution in [2.75, 3.05) is 11.9 Å². The van der Waals surface area contributed by atoms with E-state index < -0.39 is 6.10 Å². The van der Waals surface area contributed by atoms with Gasteiger partial charge in [0.15, 0.2) is 6.61 Å². The van der Waals surface area contributed by atoms with Crippen LogP contribution in [0, 0.1) is 0 Å². The largest absolute Gasteiger partial charge is 0.483 e. The molecule has 26 heavy (non-hydrogen) atoms. The molecule has 1 amide bonds. The highest BCUT2D eigenvalue weighted by atomic mass is 16.5. The molecule has 4 heteroatoms. The number of carbonyl (C=O) groups excluding carboxylic acids is 1. The number of nitrogens with one attached hydrogen (secondary N) is 1. The molecule has 0 aromatic heterocycles. The quantitative estimate of drug-likeness (QED) is 0.818. The predicted octanol–water partition coefficient (Wildman–Crippen LogP) is 4.20. The van der Waals surface area contributed by atoms with E-state index in [9.17, 15) is 9.90 Å². The van der Waals surface area contributed by atoms with Crippen molar-refractivity contribution in [3.8, 4) is 5.75 Å². The van der Waals surface area contributed by atoms with Crippen LogP contribution in [0.5, 0.6) is 5.75 Å². The molecule has 0 saturated heterocycles. The lowest BCUT2D eigenvalue weighted by atomic mass is 9.89. The van der Waals surface area contributed by atoms with Gasteiger partial charge in [-0.1, -0.05) is 44.2 Å². The van der Waals surface area contributed by atoms with Crippen LogP contribution in [0.25, 0.3) is 0 Å². The van der Waals surface area contributed by atoms with E-state index in [2.05, 4.69) is 19.2 Å². The standard InChI is InChI=1S/C22H27NO3/c1-3-15-8-5-9-16(4-2)22(15)23-21(25)14-26-20-13-7-10-17-18(20)11-6-12-19(17)24/h5,7-10,13,19,24H,3-4,6,11-12,14H2,1-2H3,(H,23,25)/t19-/m1/s1. The van der Waals surface area contributed by atoms with E-state index >= 15 is 0 Å². The summed E-state index contributed by atoms with van der Waals surface area (Å²) in [6.45, 7) is 4.14. The van der Waals surface area contributed by atoms with Crippen LogP contribution in [-0.4, -0.2) is 17.6 Å². The average molecular weight is 353 g/mol. The Kier molecular flexibility index (Phi) is 5.94. The predicted molar refractivity (Wildman–Crippen MR) is 104 cm³/mol. The molecule has 4 nitrogen and oxygen atoms in total. The molecule has 0 radical (unpaired) electrons. The molecule has 2 N–H and O–H groups in total. The number of carbonyl (C=O) groups is 1. The maximum Gasteiger partial charge on any atom is 0.262 e. The molecule has 2 aromatic rings. The SMILES string of the molecule is CCc1cccc(CC)c1NC(=O)COc1cccc2c1CCC[C@H]2O. The van der Waals surface area contributed by atoms with E-state index in [4.69, 9.17) is 4.74 Å². The first kappa shape index (κ1) is 18.5. The van der Waals surface area contributed by atoms with E-state index in [-0.39, 0.29) is 12.5 Å². The minimum absolute atomic E-state index is 0.0340. The van der Waals surface area contributed by atoms with Gasteiger partial charge in [0.05, 0.1) is 6.10 Å². The second kappa shape index (κ2) is 8.37. The van der Waals surface area contributed by atoms with Gasteiger partial charge in [0.25, 0.3) is 5.91 Å². The zero-order valence-corrected chi connectivity index (χ0v) is 15.5. The average Bonchev–Trinajstić information content (AvgIpc) is 2.67. The summed E-state index contributed by atoms with van der Waals surface area (Å²) < 4.78 is 5.81. The van der Waals surface area contributed by atoms with Crippen LogP contribution in [0.15, 0.2) is 36.4 Å². The Bertz CT molecular complexity index is 763. The molecule has 1 aliphatic rings. The van der Waals surface area contributed by atoms with Gasteiger partial charge in [-0.3, -0.25) is 4.79 Å². The number of hydrogen-bond donors (Lipinski definition) is 2. The molecule has 138 valence electrons. The van der Waals surface area contributed by atoms with Gasteiger partial charge in [0, 0.05) is 5.69 Å². The highest BCUT2D eigenvalue weighted by molar-refractivity contribution is 5.93. The van der Waals surface area contributed by atoms with Gasteiger partial charge in [-0.2, -0.15) is 0 Å². The van der Waals surface area contributed by atoms with E-state index in [1.54, 1.807) is 0 Å². The first-order chi connectivity index (χ1) is 12.6. The molecule has 0 bridgehead atoms. The third kappa shape index (κ3) is 3.91. The Morgan fingerprint density at radius 1 is 1.15 bits per heavy atom. The first-order valence-corrected chi connectivity index (χ1v) is 9.47. The van der Waals surface area contributed by atoms with Crippen molar-refractivity contribution in [3.05, 3.63) is 58.7 Å². The third-order valence-corrected chi connectivity index (χ3v) is 5.05.